The van der Waals surface area contributed by atoms with Crippen molar-refractivity contribution in [1.82, 2.24) is 5.32 Å². The number of aliphatic hydroxyl groups excluding tert-OH is 1. The largest absolute Gasteiger partial charge is 0.396 e. The van der Waals surface area contributed by atoms with Gasteiger partial charge in [0.1, 0.15) is 0 Å². The van der Waals surface area contributed by atoms with E-state index in [-0.39, 0.29) is 0 Å². The van der Waals surface area contributed by atoms with E-state index in [1.807, 2.05) is 0 Å². The Labute approximate surface area is 128 Å². The highest BCUT2D eigenvalue weighted by Gasteiger charge is 2.19. The van der Waals surface area contributed by atoms with Crippen LogP contribution in [-0.2, 0) is 11.3 Å². The zero-order chi connectivity index (χ0) is 14.9. The molecule has 0 aliphatic carbocycles. The van der Waals surface area contributed by atoms with Crippen LogP contribution in [0, 0.1) is 5.92 Å². The van der Waals surface area contributed by atoms with Crippen LogP contribution in [0.3, 0.4) is 0 Å². The minimum atomic E-state index is 0.310. The van der Waals surface area contributed by atoms with Crippen LogP contribution in [0.4, 0.5) is 5.69 Å². The molecule has 118 valence electrons. The van der Waals surface area contributed by atoms with E-state index in [0.717, 1.165) is 39.2 Å². The van der Waals surface area contributed by atoms with E-state index in [1.54, 1.807) is 7.11 Å². The summed E-state index contributed by atoms with van der Waals surface area (Å²) in [6.07, 6.45) is 3.40. The Morgan fingerprint density at radius 2 is 2.14 bits per heavy atom. The number of nitrogens with one attached hydrogen (secondary N) is 1. The lowest BCUT2D eigenvalue weighted by atomic mass is 9.94. The Morgan fingerprint density at radius 3 is 2.86 bits per heavy atom. The summed E-state index contributed by atoms with van der Waals surface area (Å²) in [5.41, 5.74) is 2.61. The first-order chi connectivity index (χ1) is 10.3. The topological polar surface area (TPSA) is 44.7 Å². The van der Waals surface area contributed by atoms with E-state index in [4.69, 9.17) is 9.84 Å². The number of anilines is 1. The molecule has 0 spiro atoms. The second kappa shape index (κ2) is 9.03. The zero-order valence-electron chi connectivity index (χ0n) is 13.1. The summed E-state index contributed by atoms with van der Waals surface area (Å²) in [6, 6.07) is 8.83. The first-order valence-electron chi connectivity index (χ1n) is 7.98. The van der Waals surface area contributed by atoms with Gasteiger partial charge in [0.25, 0.3) is 0 Å². The number of hydrogen-bond donors (Lipinski definition) is 2. The molecule has 2 rings (SSSR count). The summed E-state index contributed by atoms with van der Waals surface area (Å²) in [7, 11) is 1.72. The van der Waals surface area contributed by atoms with Crippen molar-refractivity contribution < 1.29 is 9.84 Å². The SMILES string of the molecule is COCCNCc1ccc(N2CCCC(CCO)C2)cc1. The number of aliphatic hydroxyl groups is 1. The summed E-state index contributed by atoms with van der Waals surface area (Å²) in [5, 5.41) is 12.5. The maximum atomic E-state index is 9.10. The predicted octanol–water partition coefficient (Wildman–Crippen LogP) is 2.02. The zero-order valence-corrected chi connectivity index (χ0v) is 13.1. The maximum absolute atomic E-state index is 9.10. The smallest absolute Gasteiger partial charge is 0.0587 e. The highest BCUT2D eigenvalue weighted by molar-refractivity contribution is 5.48. The molecule has 4 heteroatoms. The first kappa shape index (κ1) is 16.3. The van der Waals surface area contributed by atoms with E-state index in [1.165, 1.54) is 24.1 Å². The van der Waals surface area contributed by atoms with Gasteiger partial charge in [-0.15, -0.1) is 0 Å². The molecule has 0 amide bonds. The van der Waals surface area contributed by atoms with Crippen molar-refractivity contribution >= 4 is 5.69 Å². The van der Waals surface area contributed by atoms with Crippen LogP contribution in [0.1, 0.15) is 24.8 Å². The van der Waals surface area contributed by atoms with E-state index in [2.05, 4.69) is 34.5 Å². The molecule has 1 unspecified atom stereocenters. The van der Waals surface area contributed by atoms with Crippen LogP contribution >= 0.6 is 0 Å². The number of piperidine rings is 1. The third-order valence-corrected chi connectivity index (χ3v) is 4.17. The van der Waals surface area contributed by atoms with Gasteiger partial charge < -0.3 is 20.1 Å². The minimum absolute atomic E-state index is 0.310. The average molecular weight is 292 g/mol. The van der Waals surface area contributed by atoms with Gasteiger partial charge in [0, 0.05) is 45.6 Å². The molecule has 1 aliphatic rings. The number of methoxy groups -OCH3 is 1. The fourth-order valence-corrected chi connectivity index (χ4v) is 2.95. The lowest BCUT2D eigenvalue weighted by molar-refractivity contribution is 0.199. The van der Waals surface area contributed by atoms with Crippen molar-refractivity contribution in [2.75, 3.05) is 44.9 Å². The highest BCUT2D eigenvalue weighted by Crippen LogP contribution is 2.25. The van der Waals surface area contributed by atoms with Crippen LogP contribution in [0.15, 0.2) is 24.3 Å². The molecule has 0 radical (unpaired) electrons. The predicted molar refractivity (Wildman–Crippen MR) is 86.7 cm³/mol. The number of hydrogen-bond acceptors (Lipinski definition) is 4. The molecule has 1 atom stereocenters. The molecular formula is C17H28N2O2. The Morgan fingerprint density at radius 1 is 1.33 bits per heavy atom. The van der Waals surface area contributed by atoms with E-state index >= 15 is 0 Å². The van der Waals surface area contributed by atoms with Gasteiger partial charge in [0.2, 0.25) is 0 Å². The van der Waals surface area contributed by atoms with Gasteiger partial charge in [-0.3, -0.25) is 0 Å². The second-order valence-corrected chi connectivity index (χ2v) is 5.80. The number of rotatable bonds is 8. The summed E-state index contributed by atoms with van der Waals surface area (Å²) in [6.45, 7) is 5.03. The molecule has 0 bridgehead atoms. The van der Waals surface area contributed by atoms with Gasteiger partial charge in [0.05, 0.1) is 6.61 Å². The molecule has 4 nitrogen and oxygen atoms in total. The number of ether oxygens (including phenoxy) is 1. The third-order valence-electron chi connectivity index (χ3n) is 4.17. The fourth-order valence-electron chi connectivity index (χ4n) is 2.95. The number of nitrogens with zero attached hydrogens (tertiary/aromatic N) is 1. The Kier molecular flexibility index (Phi) is 7.00. The van der Waals surface area contributed by atoms with Crippen molar-refractivity contribution in [3.63, 3.8) is 0 Å². The minimum Gasteiger partial charge on any atom is -0.396 e. The summed E-state index contributed by atoms with van der Waals surface area (Å²) in [4.78, 5) is 2.45. The summed E-state index contributed by atoms with van der Waals surface area (Å²) >= 11 is 0. The van der Waals surface area contributed by atoms with E-state index in [0.29, 0.717) is 12.5 Å². The summed E-state index contributed by atoms with van der Waals surface area (Å²) in [5.74, 6) is 0.638. The fraction of sp³-hybridized carbons (Fsp3) is 0.647. The first-order valence-corrected chi connectivity index (χ1v) is 7.98. The van der Waals surface area contributed by atoms with E-state index < -0.39 is 0 Å². The summed E-state index contributed by atoms with van der Waals surface area (Å²) < 4.78 is 5.02. The lowest BCUT2D eigenvalue weighted by Crippen LogP contribution is -2.35. The van der Waals surface area contributed by atoms with Gasteiger partial charge in [-0.25, -0.2) is 0 Å². The van der Waals surface area contributed by atoms with Gasteiger partial charge >= 0.3 is 0 Å². The van der Waals surface area contributed by atoms with Crippen molar-refractivity contribution in [3.8, 4) is 0 Å². The van der Waals surface area contributed by atoms with Crippen LogP contribution < -0.4 is 10.2 Å². The molecule has 1 aliphatic heterocycles. The molecule has 1 aromatic rings. The molecule has 1 fully saturated rings. The van der Waals surface area contributed by atoms with Crippen LogP contribution in [0.5, 0.6) is 0 Å². The molecule has 1 saturated heterocycles. The third kappa shape index (κ3) is 5.30. The second-order valence-electron chi connectivity index (χ2n) is 5.80. The Hall–Kier alpha value is -1.10. The molecule has 0 aromatic heterocycles. The van der Waals surface area contributed by atoms with Crippen molar-refractivity contribution in [2.45, 2.75) is 25.8 Å². The van der Waals surface area contributed by atoms with Crippen LogP contribution in [0.2, 0.25) is 0 Å². The van der Waals surface area contributed by atoms with Crippen molar-refractivity contribution in [3.05, 3.63) is 29.8 Å². The highest BCUT2D eigenvalue weighted by atomic mass is 16.5. The lowest BCUT2D eigenvalue weighted by Gasteiger charge is -2.34. The van der Waals surface area contributed by atoms with Gasteiger partial charge in [0.15, 0.2) is 0 Å². The van der Waals surface area contributed by atoms with Crippen LogP contribution in [0.25, 0.3) is 0 Å². The standard InChI is InChI=1S/C17H28N2O2/c1-21-12-9-18-13-15-4-6-17(7-5-15)19-10-2-3-16(14-19)8-11-20/h4-7,16,18,20H,2-3,8-14H2,1H3. The van der Waals surface area contributed by atoms with Gasteiger partial charge in [-0.1, -0.05) is 12.1 Å². The normalized spacial score (nSPS) is 19.0. The van der Waals surface area contributed by atoms with Crippen molar-refractivity contribution in [2.24, 2.45) is 5.92 Å². The Balaban J connectivity index is 1.83. The maximum Gasteiger partial charge on any atom is 0.0587 e. The number of benzene rings is 1. The molecule has 2 N–H and O–H groups in total. The quantitative estimate of drug-likeness (QED) is 0.720. The monoisotopic (exact) mass is 292 g/mol. The van der Waals surface area contributed by atoms with E-state index in [9.17, 15) is 0 Å². The average Bonchev–Trinajstić information content (AvgIpc) is 2.53. The molecule has 21 heavy (non-hydrogen) atoms. The molecule has 1 heterocycles. The molecule has 1 aromatic carbocycles. The Bertz CT molecular complexity index is 392. The molecular weight excluding hydrogens is 264 g/mol. The van der Waals surface area contributed by atoms with Gasteiger partial charge in [-0.05, 0) is 42.9 Å². The van der Waals surface area contributed by atoms with Crippen molar-refractivity contribution in [1.29, 1.82) is 0 Å². The van der Waals surface area contributed by atoms with Crippen LogP contribution in [-0.4, -0.2) is 45.1 Å². The molecule has 0 saturated carbocycles. The van der Waals surface area contributed by atoms with Gasteiger partial charge in [-0.2, -0.15) is 0 Å².